The first kappa shape index (κ1) is 15.8. The summed E-state index contributed by atoms with van der Waals surface area (Å²) in [7, 11) is 0. The van der Waals surface area contributed by atoms with Crippen LogP contribution in [-0.4, -0.2) is 36.6 Å². The molecule has 1 fully saturated rings. The van der Waals surface area contributed by atoms with Crippen molar-refractivity contribution in [1.29, 1.82) is 0 Å². The standard InChI is InChI=1S/C16H24FN3O/c1-12-6-8-20(9-7-12)13(2)11-18-16(21)19-15-5-3-4-14(17)10-15/h3-5,10,12-13H,6-9,11H2,1-2H3,(H2,18,19,21). The van der Waals surface area contributed by atoms with Crippen molar-refractivity contribution in [3.63, 3.8) is 0 Å². The molecular formula is C16H24FN3O. The van der Waals surface area contributed by atoms with Crippen LogP contribution in [0.4, 0.5) is 14.9 Å². The first-order chi connectivity index (χ1) is 10.0. The Hall–Kier alpha value is -1.62. The van der Waals surface area contributed by atoms with E-state index in [2.05, 4.69) is 29.4 Å². The molecular weight excluding hydrogens is 269 g/mol. The molecule has 0 saturated carbocycles. The summed E-state index contributed by atoms with van der Waals surface area (Å²) in [6.45, 7) is 7.19. The van der Waals surface area contributed by atoms with E-state index in [1.807, 2.05) is 0 Å². The van der Waals surface area contributed by atoms with Gasteiger partial charge in [-0.3, -0.25) is 4.90 Å². The van der Waals surface area contributed by atoms with E-state index in [4.69, 9.17) is 0 Å². The number of likely N-dealkylation sites (tertiary alicyclic amines) is 1. The first-order valence-corrected chi connectivity index (χ1v) is 7.59. The van der Waals surface area contributed by atoms with E-state index in [0.29, 0.717) is 18.3 Å². The first-order valence-electron chi connectivity index (χ1n) is 7.59. The van der Waals surface area contributed by atoms with Gasteiger partial charge in [-0.05, 0) is 57.0 Å². The van der Waals surface area contributed by atoms with Gasteiger partial charge in [-0.1, -0.05) is 13.0 Å². The van der Waals surface area contributed by atoms with Gasteiger partial charge in [0.2, 0.25) is 0 Å². The number of hydrogen-bond donors (Lipinski definition) is 2. The lowest BCUT2D eigenvalue weighted by atomic mass is 9.98. The van der Waals surface area contributed by atoms with Crippen molar-refractivity contribution in [3.05, 3.63) is 30.1 Å². The summed E-state index contributed by atoms with van der Waals surface area (Å²) in [5, 5.41) is 5.48. The summed E-state index contributed by atoms with van der Waals surface area (Å²) in [6, 6.07) is 5.91. The molecule has 0 aromatic heterocycles. The van der Waals surface area contributed by atoms with Crippen LogP contribution in [0.25, 0.3) is 0 Å². The Labute approximate surface area is 125 Å². The molecule has 1 saturated heterocycles. The number of anilines is 1. The molecule has 2 N–H and O–H groups in total. The Kier molecular flexibility index (Phi) is 5.56. The van der Waals surface area contributed by atoms with Crippen LogP contribution < -0.4 is 10.6 Å². The van der Waals surface area contributed by atoms with Gasteiger partial charge in [0.15, 0.2) is 0 Å². The van der Waals surface area contributed by atoms with Crippen LogP contribution in [0.3, 0.4) is 0 Å². The minimum atomic E-state index is -0.358. The summed E-state index contributed by atoms with van der Waals surface area (Å²) in [5.74, 6) is 0.446. The summed E-state index contributed by atoms with van der Waals surface area (Å²) in [4.78, 5) is 14.2. The Balaban J connectivity index is 1.73. The molecule has 4 nitrogen and oxygen atoms in total. The third-order valence-electron chi connectivity index (χ3n) is 4.08. The van der Waals surface area contributed by atoms with Crippen molar-refractivity contribution in [2.24, 2.45) is 5.92 Å². The van der Waals surface area contributed by atoms with E-state index in [1.54, 1.807) is 12.1 Å². The summed E-state index contributed by atoms with van der Waals surface area (Å²) in [5.41, 5.74) is 0.465. The molecule has 21 heavy (non-hydrogen) atoms. The number of amides is 2. The fourth-order valence-corrected chi connectivity index (χ4v) is 2.58. The lowest BCUT2D eigenvalue weighted by Gasteiger charge is -2.34. The molecule has 116 valence electrons. The predicted molar refractivity (Wildman–Crippen MR) is 82.9 cm³/mol. The fraction of sp³-hybridized carbons (Fsp3) is 0.562. The molecule has 1 heterocycles. The van der Waals surface area contributed by atoms with Gasteiger partial charge in [0.25, 0.3) is 0 Å². The zero-order valence-electron chi connectivity index (χ0n) is 12.7. The maximum atomic E-state index is 13.0. The Morgan fingerprint density at radius 1 is 1.43 bits per heavy atom. The zero-order valence-corrected chi connectivity index (χ0v) is 12.7. The maximum absolute atomic E-state index is 13.0. The maximum Gasteiger partial charge on any atom is 0.319 e. The van der Waals surface area contributed by atoms with E-state index in [1.165, 1.54) is 25.0 Å². The number of piperidine rings is 1. The van der Waals surface area contributed by atoms with E-state index in [0.717, 1.165) is 19.0 Å². The second-order valence-electron chi connectivity index (χ2n) is 5.91. The highest BCUT2D eigenvalue weighted by atomic mass is 19.1. The van der Waals surface area contributed by atoms with Gasteiger partial charge in [0, 0.05) is 18.3 Å². The van der Waals surface area contributed by atoms with Crippen molar-refractivity contribution in [2.45, 2.75) is 32.7 Å². The minimum absolute atomic E-state index is 0.294. The average Bonchev–Trinajstić information content (AvgIpc) is 2.45. The molecule has 2 amide bonds. The second kappa shape index (κ2) is 7.41. The molecule has 0 radical (unpaired) electrons. The highest BCUT2D eigenvalue weighted by Crippen LogP contribution is 2.17. The molecule has 2 rings (SSSR count). The molecule has 1 atom stereocenters. The van der Waals surface area contributed by atoms with E-state index in [-0.39, 0.29) is 11.8 Å². The van der Waals surface area contributed by atoms with Crippen LogP contribution >= 0.6 is 0 Å². The third-order valence-corrected chi connectivity index (χ3v) is 4.08. The number of nitrogens with one attached hydrogen (secondary N) is 2. The quantitative estimate of drug-likeness (QED) is 0.896. The number of hydrogen-bond acceptors (Lipinski definition) is 2. The van der Waals surface area contributed by atoms with Crippen LogP contribution in [0.5, 0.6) is 0 Å². The topological polar surface area (TPSA) is 44.4 Å². The molecule has 1 unspecified atom stereocenters. The van der Waals surface area contributed by atoms with Gasteiger partial charge in [-0.2, -0.15) is 0 Å². The van der Waals surface area contributed by atoms with Crippen molar-refractivity contribution in [3.8, 4) is 0 Å². The average molecular weight is 293 g/mol. The van der Waals surface area contributed by atoms with Gasteiger partial charge < -0.3 is 10.6 Å². The van der Waals surface area contributed by atoms with Crippen LogP contribution in [0.15, 0.2) is 24.3 Å². The highest BCUT2D eigenvalue weighted by molar-refractivity contribution is 5.89. The smallest absolute Gasteiger partial charge is 0.319 e. The largest absolute Gasteiger partial charge is 0.336 e. The summed E-state index contributed by atoms with van der Waals surface area (Å²) < 4.78 is 13.0. The number of nitrogens with zero attached hydrogens (tertiary/aromatic N) is 1. The lowest BCUT2D eigenvalue weighted by molar-refractivity contribution is 0.146. The van der Waals surface area contributed by atoms with Gasteiger partial charge in [0.1, 0.15) is 5.82 Å². The molecule has 0 aliphatic carbocycles. The van der Waals surface area contributed by atoms with E-state index in [9.17, 15) is 9.18 Å². The van der Waals surface area contributed by atoms with Crippen LogP contribution in [0.1, 0.15) is 26.7 Å². The molecule has 1 aromatic rings. The second-order valence-corrected chi connectivity index (χ2v) is 5.91. The molecule has 0 spiro atoms. The number of urea groups is 1. The van der Waals surface area contributed by atoms with E-state index >= 15 is 0 Å². The summed E-state index contributed by atoms with van der Waals surface area (Å²) >= 11 is 0. The van der Waals surface area contributed by atoms with Crippen molar-refractivity contribution < 1.29 is 9.18 Å². The third kappa shape index (κ3) is 5.01. The number of carbonyl (C=O) groups excluding carboxylic acids is 1. The number of rotatable bonds is 4. The SMILES string of the molecule is CC1CCN(C(C)CNC(=O)Nc2cccc(F)c2)CC1. The van der Waals surface area contributed by atoms with Crippen LogP contribution in [0.2, 0.25) is 0 Å². The van der Waals surface area contributed by atoms with Crippen molar-refractivity contribution in [2.75, 3.05) is 25.0 Å². The highest BCUT2D eigenvalue weighted by Gasteiger charge is 2.20. The molecule has 5 heteroatoms. The molecule has 1 aliphatic rings. The van der Waals surface area contributed by atoms with E-state index < -0.39 is 0 Å². The normalized spacial score (nSPS) is 18.2. The summed E-state index contributed by atoms with van der Waals surface area (Å²) in [6.07, 6.45) is 2.44. The lowest BCUT2D eigenvalue weighted by Crippen LogP contribution is -2.46. The van der Waals surface area contributed by atoms with Crippen molar-refractivity contribution in [1.82, 2.24) is 10.2 Å². The predicted octanol–water partition coefficient (Wildman–Crippen LogP) is 3.07. The Morgan fingerprint density at radius 3 is 2.81 bits per heavy atom. The van der Waals surface area contributed by atoms with Crippen LogP contribution in [0, 0.1) is 11.7 Å². The van der Waals surface area contributed by atoms with Gasteiger partial charge in [0.05, 0.1) is 0 Å². The minimum Gasteiger partial charge on any atom is -0.336 e. The molecule has 0 bridgehead atoms. The Morgan fingerprint density at radius 2 is 2.14 bits per heavy atom. The van der Waals surface area contributed by atoms with Gasteiger partial charge >= 0.3 is 6.03 Å². The Bertz CT molecular complexity index is 472. The molecule has 1 aliphatic heterocycles. The number of carbonyl (C=O) groups is 1. The monoisotopic (exact) mass is 293 g/mol. The number of benzene rings is 1. The van der Waals surface area contributed by atoms with Gasteiger partial charge in [-0.15, -0.1) is 0 Å². The number of halogens is 1. The zero-order chi connectivity index (χ0) is 15.2. The van der Waals surface area contributed by atoms with Crippen LogP contribution in [-0.2, 0) is 0 Å². The fourth-order valence-electron chi connectivity index (χ4n) is 2.58. The molecule has 1 aromatic carbocycles. The van der Waals surface area contributed by atoms with Crippen molar-refractivity contribution >= 4 is 11.7 Å². The van der Waals surface area contributed by atoms with Gasteiger partial charge in [-0.25, -0.2) is 9.18 Å².